The van der Waals surface area contributed by atoms with Crippen molar-refractivity contribution in [2.75, 3.05) is 6.54 Å². The Labute approximate surface area is 110 Å². The highest BCUT2D eigenvalue weighted by Gasteiger charge is 2.08. The molecule has 1 aromatic carbocycles. The van der Waals surface area contributed by atoms with Crippen molar-refractivity contribution in [1.82, 2.24) is 10.6 Å². The van der Waals surface area contributed by atoms with Gasteiger partial charge in [0.1, 0.15) is 0 Å². The van der Waals surface area contributed by atoms with Gasteiger partial charge in [-0.25, -0.2) is 0 Å². The second-order valence-electron chi connectivity index (χ2n) is 5.00. The molecule has 1 rings (SSSR count). The molecular weight excluding hydrogens is 224 g/mol. The summed E-state index contributed by atoms with van der Waals surface area (Å²) in [7, 11) is 0. The van der Waals surface area contributed by atoms with Crippen molar-refractivity contribution in [3.63, 3.8) is 0 Å². The molecule has 0 aliphatic carbocycles. The van der Waals surface area contributed by atoms with Crippen molar-refractivity contribution in [2.24, 2.45) is 0 Å². The standard InChI is InChI=1S/C15H24N2O/c1-11(2)17-15(18)9-10-16-13(4)14-8-6-5-7-12(14)3/h5-8,11,13,16H,9-10H2,1-4H3,(H,17,18)/t13-/m0/s1. The Morgan fingerprint density at radius 3 is 2.50 bits per heavy atom. The Hall–Kier alpha value is -1.35. The SMILES string of the molecule is Cc1ccccc1[C@H](C)NCCC(=O)NC(C)C. The number of carbonyl (C=O) groups is 1. The molecule has 0 aliphatic heterocycles. The van der Waals surface area contributed by atoms with Crippen LogP contribution in [-0.4, -0.2) is 18.5 Å². The van der Waals surface area contributed by atoms with Gasteiger partial charge in [-0.2, -0.15) is 0 Å². The predicted octanol–water partition coefficient (Wildman–Crippen LogP) is 2.56. The second-order valence-corrected chi connectivity index (χ2v) is 5.00. The van der Waals surface area contributed by atoms with Crippen molar-refractivity contribution in [2.45, 2.75) is 46.2 Å². The molecule has 0 saturated heterocycles. The third kappa shape index (κ3) is 4.88. The highest BCUT2D eigenvalue weighted by atomic mass is 16.1. The van der Waals surface area contributed by atoms with E-state index in [0.717, 1.165) is 0 Å². The number of benzene rings is 1. The Kier molecular flexibility index (Phi) is 5.86. The lowest BCUT2D eigenvalue weighted by molar-refractivity contribution is -0.121. The zero-order chi connectivity index (χ0) is 13.5. The number of aryl methyl sites for hydroxylation is 1. The van der Waals surface area contributed by atoms with Gasteiger partial charge in [-0.05, 0) is 38.8 Å². The fourth-order valence-corrected chi connectivity index (χ4v) is 1.98. The van der Waals surface area contributed by atoms with Crippen molar-refractivity contribution >= 4 is 5.91 Å². The molecule has 18 heavy (non-hydrogen) atoms. The first-order valence-corrected chi connectivity index (χ1v) is 6.59. The van der Waals surface area contributed by atoms with E-state index in [2.05, 4.69) is 36.6 Å². The Morgan fingerprint density at radius 1 is 1.22 bits per heavy atom. The molecule has 0 radical (unpaired) electrons. The van der Waals surface area contributed by atoms with Gasteiger partial charge in [0.2, 0.25) is 5.91 Å². The average molecular weight is 248 g/mol. The maximum atomic E-state index is 11.5. The van der Waals surface area contributed by atoms with E-state index in [1.807, 2.05) is 26.0 Å². The third-order valence-electron chi connectivity index (χ3n) is 2.91. The van der Waals surface area contributed by atoms with E-state index < -0.39 is 0 Å². The van der Waals surface area contributed by atoms with Gasteiger partial charge in [-0.1, -0.05) is 24.3 Å². The van der Waals surface area contributed by atoms with Gasteiger partial charge in [0, 0.05) is 25.0 Å². The smallest absolute Gasteiger partial charge is 0.221 e. The van der Waals surface area contributed by atoms with Gasteiger partial charge in [-0.3, -0.25) is 4.79 Å². The van der Waals surface area contributed by atoms with Gasteiger partial charge in [0.05, 0.1) is 0 Å². The van der Waals surface area contributed by atoms with Crippen molar-refractivity contribution < 1.29 is 4.79 Å². The van der Waals surface area contributed by atoms with Gasteiger partial charge in [0.15, 0.2) is 0 Å². The molecule has 3 heteroatoms. The number of rotatable bonds is 6. The van der Waals surface area contributed by atoms with E-state index in [1.54, 1.807) is 0 Å². The van der Waals surface area contributed by atoms with Crippen LogP contribution in [0.1, 0.15) is 44.4 Å². The van der Waals surface area contributed by atoms with Crippen LogP contribution in [0.2, 0.25) is 0 Å². The summed E-state index contributed by atoms with van der Waals surface area (Å²) in [5.74, 6) is 0.106. The molecule has 0 unspecified atom stereocenters. The normalized spacial score (nSPS) is 12.5. The van der Waals surface area contributed by atoms with E-state index in [-0.39, 0.29) is 18.0 Å². The van der Waals surface area contributed by atoms with Crippen molar-refractivity contribution in [3.8, 4) is 0 Å². The van der Waals surface area contributed by atoms with Crippen molar-refractivity contribution in [3.05, 3.63) is 35.4 Å². The molecule has 0 aliphatic rings. The van der Waals surface area contributed by atoms with E-state index in [1.165, 1.54) is 11.1 Å². The van der Waals surface area contributed by atoms with E-state index >= 15 is 0 Å². The van der Waals surface area contributed by atoms with E-state index in [4.69, 9.17) is 0 Å². The molecule has 1 amide bonds. The number of hydrogen-bond donors (Lipinski definition) is 2. The highest BCUT2D eigenvalue weighted by Crippen LogP contribution is 2.16. The maximum absolute atomic E-state index is 11.5. The topological polar surface area (TPSA) is 41.1 Å². The minimum Gasteiger partial charge on any atom is -0.354 e. The molecule has 0 spiro atoms. The monoisotopic (exact) mass is 248 g/mol. The zero-order valence-electron chi connectivity index (χ0n) is 11.8. The van der Waals surface area contributed by atoms with Gasteiger partial charge in [-0.15, -0.1) is 0 Å². The van der Waals surface area contributed by atoms with Gasteiger partial charge >= 0.3 is 0 Å². The molecule has 3 nitrogen and oxygen atoms in total. The molecular formula is C15H24N2O. The molecule has 1 aromatic rings. The molecule has 0 saturated carbocycles. The van der Waals surface area contributed by atoms with E-state index in [0.29, 0.717) is 13.0 Å². The Morgan fingerprint density at radius 2 is 1.89 bits per heavy atom. The summed E-state index contributed by atoms with van der Waals surface area (Å²) in [6.07, 6.45) is 0.522. The van der Waals surface area contributed by atoms with Crippen LogP contribution in [0.5, 0.6) is 0 Å². The summed E-state index contributed by atoms with van der Waals surface area (Å²) in [6.45, 7) is 8.89. The maximum Gasteiger partial charge on any atom is 0.221 e. The van der Waals surface area contributed by atoms with Crippen LogP contribution >= 0.6 is 0 Å². The fourth-order valence-electron chi connectivity index (χ4n) is 1.98. The minimum absolute atomic E-state index is 0.106. The number of hydrogen-bond acceptors (Lipinski definition) is 2. The first-order valence-electron chi connectivity index (χ1n) is 6.59. The quantitative estimate of drug-likeness (QED) is 0.812. The van der Waals surface area contributed by atoms with Crippen LogP contribution < -0.4 is 10.6 Å². The van der Waals surface area contributed by atoms with Crippen molar-refractivity contribution in [1.29, 1.82) is 0 Å². The van der Waals surface area contributed by atoms with Gasteiger partial charge in [0.25, 0.3) is 0 Å². The van der Waals surface area contributed by atoms with Crippen LogP contribution in [-0.2, 0) is 4.79 Å². The summed E-state index contributed by atoms with van der Waals surface area (Å²) in [4.78, 5) is 11.5. The average Bonchev–Trinajstić information content (AvgIpc) is 2.28. The second kappa shape index (κ2) is 7.17. The summed E-state index contributed by atoms with van der Waals surface area (Å²) >= 11 is 0. The molecule has 2 N–H and O–H groups in total. The highest BCUT2D eigenvalue weighted by molar-refractivity contribution is 5.76. The summed E-state index contributed by atoms with van der Waals surface area (Å²) in [5, 5.41) is 6.27. The molecule has 100 valence electrons. The number of amides is 1. The largest absolute Gasteiger partial charge is 0.354 e. The summed E-state index contributed by atoms with van der Waals surface area (Å²) in [6, 6.07) is 8.82. The predicted molar refractivity (Wildman–Crippen MR) is 75.5 cm³/mol. The molecule has 0 bridgehead atoms. The first-order chi connectivity index (χ1) is 8.50. The zero-order valence-corrected chi connectivity index (χ0v) is 11.8. The minimum atomic E-state index is 0.106. The fraction of sp³-hybridized carbons (Fsp3) is 0.533. The lowest BCUT2D eigenvalue weighted by atomic mass is 10.0. The Bertz CT molecular complexity index is 388. The number of nitrogens with one attached hydrogen (secondary N) is 2. The lowest BCUT2D eigenvalue weighted by Crippen LogP contribution is -2.33. The lowest BCUT2D eigenvalue weighted by Gasteiger charge is -2.16. The van der Waals surface area contributed by atoms with Crippen LogP contribution in [0.4, 0.5) is 0 Å². The summed E-state index contributed by atoms with van der Waals surface area (Å²) < 4.78 is 0. The molecule has 1 atom stereocenters. The van der Waals surface area contributed by atoms with Gasteiger partial charge < -0.3 is 10.6 Å². The number of carbonyl (C=O) groups excluding carboxylic acids is 1. The molecule has 0 aromatic heterocycles. The van der Waals surface area contributed by atoms with Crippen LogP contribution in [0.15, 0.2) is 24.3 Å². The molecule has 0 heterocycles. The molecule has 0 fully saturated rings. The van der Waals surface area contributed by atoms with Crippen LogP contribution in [0.25, 0.3) is 0 Å². The van der Waals surface area contributed by atoms with E-state index in [9.17, 15) is 4.79 Å². The van der Waals surface area contributed by atoms with Crippen LogP contribution in [0, 0.1) is 6.92 Å². The third-order valence-corrected chi connectivity index (χ3v) is 2.91. The van der Waals surface area contributed by atoms with Crippen LogP contribution in [0.3, 0.4) is 0 Å². The summed E-state index contributed by atoms with van der Waals surface area (Å²) in [5.41, 5.74) is 2.57. The first kappa shape index (κ1) is 14.7. The Balaban J connectivity index is 2.36.